The molecule has 3 aliphatic rings. The summed E-state index contributed by atoms with van der Waals surface area (Å²) in [5, 5.41) is 3.76. The highest BCUT2D eigenvalue weighted by atomic mass is 15.0. The van der Waals surface area contributed by atoms with Gasteiger partial charge in [-0.25, -0.2) is 0 Å². The molecule has 3 aliphatic heterocycles. The molecule has 2 heteroatoms. The van der Waals surface area contributed by atoms with Gasteiger partial charge in [0.05, 0.1) is 0 Å². The van der Waals surface area contributed by atoms with Gasteiger partial charge >= 0.3 is 0 Å². The number of hydrogen-bond donors (Lipinski definition) is 1. The number of hydrogen-bond acceptors (Lipinski definition) is 1. The Morgan fingerprint density at radius 3 is 2.38 bits per heavy atom. The zero-order valence-electron chi connectivity index (χ0n) is 22.2. The van der Waals surface area contributed by atoms with Crippen molar-refractivity contribution >= 4 is 11.4 Å². The Morgan fingerprint density at radius 1 is 0.718 bits per heavy atom. The molecule has 2 bridgehead atoms. The minimum Gasteiger partial charge on any atom is -0.381 e. The van der Waals surface area contributed by atoms with Crippen molar-refractivity contribution in [3.8, 4) is 22.4 Å². The summed E-state index contributed by atoms with van der Waals surface area (Å²) in [5.41, 5.74) is 12.9. The van der Waals surface area contributed by atoms with Crippen molar-refractivity contribution in [2.45, 2.75) is 25.2 Å². The lowest BCUT2D eigenvalue weighted by Gasteiger charge is -2.35. The van der Waals surface area contributed by atoms with Crippen LogP contribution < -0.4 is 9.88 Å². The lowest BCUT2D eigenvalue weighted by Crippen LogP contribution is -2.38. The van der Waals surface area contributed by atoms with E-state index in [9.17, 15) is 0 Å². The largest absolute Gasteiger partial charge is 0.381 e. The molecule has 1 N–H and O–H groups in total. The smallest absolute Gasteiger partial charge is 0.218 e. The lowest BCUT2D eigenvalue weighted by atomic mass is 9.72. The van der Waals surface area contributed by atoms with E-state index in [2.05, 4.69) is 131 Å². The average Bonchev–Trinajstić information content (AvgIpc) is 2.97. The van der Waals surface area contributed by atoms with Gasteiger partial charge in [0.15, 0.2) is 11.9 Å². The Balaban J connectivity index is 1.43. The lowest BCUT2D eigenvalue weighted by molar-refractivity contribution is -0.571. The van der Waals surface area contributed by atoms with E-state index < -0.39 is 0 Å². The van der Waals surface area contributed by atoms with Crippen molar-refractivity contribution in [1.82, 2.24) is 5.32 Å². The zero-order chi connectivity index (χ0) is 26.2. The van der Waals surface area contributed by atoms with E-state index in [0.29, 0.717) is 11.8 Å². The number of pyridine rings is 1. The molecule has 4 aromatic rings. The van der Waals surface area contributed by atoms with Crippen molar-refractivity contribution in [2.24, 2.45) is 5.92 Å². The quantitative estimate of drug-likeness (QED) is 0.260. The monoisotopic (exact) mass is 505 g/mol. The fourth-order valence-corrected chi connectivity index (χ4v) is 6.69. The molecule has 0 saturated carbocycles. The van der Waals surface area contributed by atoms with E-state index in [1.807, 2.05) is 0 Å². The molecule has 0 saturated heterocycles. The summed E-state index contributed by atoms with van der Waals surface area (Å²) < 4.78 is 2.37. The summed E-state index contributed by atoms with van der Waals surface area (Å²) in [6.45, 7) is 5.61. The SMILES string of the molecule is C=C1CC2/C3=C/C=C\C=C(/NC3)c3ccccc3C2CCc2ccccc2-c2ccc(-c3ccccc3)c[n+]21. The van der Waals surface area contributed by atoms with E-state index in [1.54, 1.807) is 0 Å². The van der Waals surface area contributed by atoms with Crippen LogP contribution in [-0.2, 0) is 6.42 Å². The molecule has 2 unspecified atom stereocenters. The zero-order valence-corrected chi connectivity index (χ0v) is 22.2. The maximum atomic E-state index is 4.75. The Bertz CT molecular complexity index is 1650. The molecule has 2 atom stereocenters. The topological polar surface area (TPSA) is 15.9 Å². The Kier molecular flexibility index (Phi) is 6.09. The van der Waals surface area contributed by atoms with E-state index in [-0.39, 0.29) is 0 Å². The van der Waals surface area contributed by atoms with Crippen LogP contribution in [0.3, 0.4) is 0 Å². The molecule has 190 valence electrons. The second kappa shape index (κ2) is 10.0. The second-order valence-electron chi connectivity index (χ2n) is 10.9. The van der Waals surface area contributed by atoms with Gasteiger partial charge in [0.2, 0.25) is 5.69 Å². The molecule has 2 nitrogen and oxygen atoms in total. The normalized spacial score (nSPS) is 23.3. The maximum Gasteiger partial charge on any atom is 0.218 e. The molecule has 0 spiro atoms. The van der Waals surface area contributed by atoms with Crippen LogP contribution >= 0.6 is 0 Å². The van der Waals surface area contributed by atoms with Crippen LogP contribution in [0.1, 0.15) is 35.4 Å². The number of rotatable bonds is 1. The van der Waals surface area contributed by atoms with Crippen LogP contribution in [0.5, 0.6) is 0 Å². The first-order chi connectivity index (χ1) is 19.3. The molecule has 0 aliphatic carbocycles. The van der Waals surface area contributed by atoms with Crippen LogP contribution in [0.15, 0.2) is 134 Å². The fourth-order valence-electron chi connectivity index (χ4n) is 6.69. The molecule has 7 rings (SSSR count). The predicted octanol–water partition coefficient (Wildman–Crippen LogP) is 7.96. The van der Waals surface area contributed by atoms with Crippen LogP contribution in [0.25, 0.3) is 33.8 Å². The predicted molar refractivity (Wildman–Crippen MR) is 162 cm³/mol. The third kappa shape index (κ3) is 4.36. The first-order valence-corrected chi connectivity index (χ1v) is 14.0. The van der Waals surface area contributed by atoms with Crippen LogP contribution in [0, 0.1) is 5.92 Å². The van der Waals surface area contributed by atoms with Crippen LogP contribution in [0.2, 0.25) is 0 Å². The Hall–Kier alpha value is -4.43. The average molecular weight is 506 g/mol. The molecule has 1 aromatic heterocycles. The summed E-state index contributed by atoms with van der Waals surface area (Å²) in [4.78, 5) is 0. The minimum absolute atomic E-state index is 0.349. The molecular formula is C37H33N2+. The second-order valence-corrected chi connectivity index (χ2v) is 10.9. The fraction of sp³-hybridized carbons (Fsp3) is 0.162. The molecule has 0 fully saturated rings. The van der Waals surface area contributed by atoms with Gasteiger partial charge in [-0.2, -0.15) is 4.57 Å². The molecular weight excluding hydrogens is 472 g/mol. The third-order valence-electron chi connectivity index (χ3n) is 8.65. The number of benzene rings is 3. The van der Waals surface area contributed by atoms with Crippen LogP contribution in [0.4, 0.5) is 0 Å². The first kappa shape index (κ1) is 23.7. The molecule has 0 amide bonds. The van der Waals surface area contributed by atoms with E-state index in [0.717, 1.165) is 31.5 Å². The van der Waals surface area contributed by atoms with E-state index in [1.165, 1.54) is 50.3 Å². The van der Waals surface area contributed by atoms with Gasteiger partial charge in [-0.1, -0.05) is 91.0 Å². The number of nitrogens with zero attached hydrogens (tertiary/aromatic N) is 1. The Morgan fingerprint density at radius 2 is 1.49 bits per heavy atom. The standard InChI is InChI=1S/C37H33N2/c1-26-23-35-29-14-6-10-18-36(38-24-29)34-17-9-8-16-32(34)33(35)21-19-28-13-5-7-15-31(28)37-22-20-30(25-39(26)37)27-11-3-2-4-12-27/h2-18,20,22,25,33,35,38H,1,19,21,23-24H2/q+1/b10-6-,29-14+,36-18-. The van der Waals surface area contributed by atoms with Crippen molar-refractivity contribution in [1.29, 1.82) is 0 Å². The minimum atomic E-state index is 0.349. The highest BCUT2D eigenvalue weighted by molar-refractivity contribution is 5.71. The van der Waals surface area contributed by atoms with Gasteiger partial charge in [-0.3, -0.25) is 0 Å². The summed E-state index contributed by atoms with van der Waals surface area (Å²) in [7, 11) is 0. The number of fused-ring (bicyclic) bond motifs is 11. The number of nitrogens with one attached hydrogen (secondary N) is 1. The summed E-state index contributed by atoms with van der Waals surface area (Å²) in [5.74, 6) is 0.746. The van der Waals surface area contributed by atoms with E-state index >= 15 is 0 Å². The highest BCUT2D eigenvalue weighted by Gasteiger charge is 2.35. The van der Waals surface area contributed by atoms with Crippen molar-refractivity contribution < 1.29 is 4.57 Å². The molecule has 39 heavy (non-hydrogen) atoms. The Labute approximate surface area is 231 Å². The molecule has 0 radical (unpaired) electrons. The number of aryl methyl sites for hydroxylation is 1. The van der Waals surface area contributed by atoms with Gasteiger partial charge in [0.25, 0.3) is 0 Å². The van der Waals surface area contributed by atoms with Gasteiger partial charge in [-0.15, -0.1) is 0 Å². The van der Waals surface area contributed by atoms with Gasteiger partial charge in [0, 0.05) is 41.4 Å². The molecule has 3 aromatic carbocycles. The van der Waals surface area contributed by atoms with E-state index in [4.69, 9.17) is 6.58 Å². The highest BCUT2D eigenvalue weighted by Crippen LogP contribution is 2.44. The molecule has 4 heterocycles. The van der Waals surface area contributed by atoms with Crippen molar-refractivity contribution in [3.05, 3.63) is 150 Å². The van der Waals surface area contributed by atoms with Crippen molar-refractivity contribution in [3.63, 3.8) is 0 Å². The summed E-state index contributed by atoms with van der Waals surface area (Å²) >= 11 is 0. The van der Waals surface area contributed by atoms with Gasteiger partial charge in [0.1, 0.15) is 0 Å². The van der Waals surface area contributed by atoms with Gasteiger partial charge < -0.3 is 5.32 Å². The van der Waals surface area contributed by atoms with Crippen molar-refractivity contribution in [2.75, 3.05) is 6.54 Å². The summed E-state index contributed by atoms with van der Waals surface area (Å²) in [6, 6.07) is 33.2. The third-order valence-corrected chi connectivity index (χ3v) is 8.65. The van der Waals surface area contributed by atoms with Gasteiger partial charge in [-0.05, 0) is 71.7 Å². The number of allylic oxidation sites excluding steroid dienone is 5. The maximum absolute atomic E-state index is 4.75. The summed E-state index contributed by atoms with van der Waals surface area (Å²) in [6.07, 6.45) is 14.3. The number of aromatic nitrogens is 1. The first-order valence-electron chi connectivity index (χ1n) is 14.0. The van der Waals surface area contributed by atoms with Crippen LogP contribution in [-0.4, -0.2) is 6.54 Å².